The number of carbonyl (C=O) groups excluding carboxylic acids is 2. The maximum Gasteiger partial charge on any atom is 0.336 e. The molecule has 2 aromatic rings. The Morgan fingerprint density at radius 1 is 1.07 bits per heavy atom. The van der Waals surface area contributed by atoms with E-state index in [9.17, 15) is 9.59 Å². The van der Waals surface area contributed by atoms with Gasteiger partial charge in [0, 0.05) is 23.9 Å². The van der Waals surface area contributed by atoms with Crippen molar-refractivity contribution >= 4 is 29.6 Å². The lowest BCUT2D eigenvalue weighted by Crippen LogP contribution is -2.38. The molecule has 226 valence electrons. The van der Waals surface area contributed by atoms with Crippen LogP contribution >= 0.6 is 11.6 Å². The Morgan fingerprint density at radius 2 is 1.86 bits per heavy atom. The van der Waals surface area contributed by atoms with Crippen LogP contribution in [0.2, 0.25) is 5.02 Å². The van der Waals surface area contributed by atoms with Crippen LogP contribution in [0.4, 0.5) is 0 Å². The largest absolute Gasteiger partial charge is 0.461 e. The lowest BCUT2D eigenvalue weighted by molar-refractivity contribution is -0.139. The predicted octanol–water partition coefficient (Wildman–Crippen LogP) is 6.83. The average molecular weight is 602 g/mol. The van der Waals surface area contributed by atoms with E-state index in [0.717, 1.165) is 12.0 Å². The third kappa shape index (κ3) is 9.31. The maximum atomic E-state index is 14.0. The van der Waals surface area contributed by atoms with E-state index in [1.165, 1.54) is 32.1 Å². The number of nitrogens with one attached hydrogen (secondary N) is 2. The van der Waals surface area contributed by atoms with Crippen LogP contribution in [-0.2, 0) is 19.1 Å². The molecule has 8 heteroatoms. The number of allylic oxidation sites excluding steroid dienone is 1. The molecule has 1 aliphatic heterocycles. The molecule has 0 aromatic heterocycles. The summed E-state index contributed by atoms with van der Waals surface area (Å²) in [6, 6.07) is 19.0. The highest BCUT2D eigenvalue weighted by Crippen LogP contribution is 2.39. The molecule has 2 aliphatic rings. The van der Waals surface area contributed by atoms with E-state index in [2.05, 4.69) is 10.6 Å². The number of carbonyl (C=O) groups is 2. The van der Waals surface area contributed by atoms with Crippen molar-refractivity contribution in [3.05, 3.63) is 99.4 Å². The Kier molecular flexibility index (Phi) is 12.4. The fraction of sp³-hybridized carbons (Fsp3) is 0.400. The van der Waals surface area contributed by atoms with Crippen molar-refractivity contribution in [3.8, 4) is 6.07 Å². The summed E-state index contributed by atoms with van der Waals surface area (Å²) in [6.07, 6.45) is 11.2. The summed E-state index contributed by atoms with van der Waals surface area (Å²) < 4.78 is 11.6. The zero-order valence-corrected chi connectivity index (χ0v) is 25.5. The molecule has 1 saturated carbocycles. The Hall–Kier alpha value is -3.86. The highest BCUT2D eigenvalue weighted by atomic mass is 35.5. The monoisotopic (exact) mass is 601 g/mol. The van der Waals surface area contributed by atoms with E-state index in [0.29, 0.717) is 52.2 Å². The van der Waals surface area contributed by atoms with Crippen molar-refractivity contribution in [3.63, 3.8) is 0 Å². The van der Waals surface area contributed by atoms with Crippen LogP contribution in [0.1, 0.15) is 68.9 Å². The van der Waals surface area contributed by atoms with Crippen molar-refractivity contribution in [1.29, 1.82) is 5.26 Å². The van der Waals surface area contributed by atoms with Crippen LogP contribution in [0, 0.1) is 17.2 Å². The molecule has 2 N–H and O–H groups in total. The van der Waals surface area contributed by atoms with Crippen LogP contribution in [0.15, 0.2) is 83.2 Å². The van der Waals surface area contributed by atoms with Crippen molar-refractivity contribution < 1.29 is 19.1 Å². The smallest absolute Gasteiger partial charge is 0.336 e. The molecule has 0 saturated heterocycles. The van der Waals surface area contributed by atoms with E-state index in [-0.39, 0.29) is 25.5 Å². The van der Waals surface area contributed by atoms with Crippen LogP contribution in [-0.4, -0.2) is 38.2 Å². The van der Waals surface area contributed by atoms with Crippen LogP contribution in [0.5, 0.6) is 0 Å². The van der Waals surface area contributed by atoms with E-state index in [4.69, 9.17) is 26.3 Å². The van der Waals surface area contributed by atoms with Gasteiger partial charge in [0.15, 0.2) is 0 Å². The molecule has 0 bridgehead atoms. The van der Waals surface area contributed by atoms with Gasteiger partial charge in [0.1, 0.15) is 6.61 Å². The Balaban J connectivity index is 1.62. The van der Waals surface area contributed by atoms with Gasteiger partial charge in [-0.1, -0.05) is 98.3 Å². The first kappa shape index (κ1) is 32.1. The predicted molar refractivity (Wildman–Crippen MR) is 169 cm³/mol. The van der Waals surface area contributed by atoms with Gasteiger partial charge in [0.05, 0.1) is 41.9 Å². The third-order valence-electron chi connectivity index (χ3n) is 7.87. The third-order valence-corrected chi connectivity index (χ3v) is 8.11. The highest BCUT2D eigenvalue weighted by molar-refractivity contribution is 6.30. The molecular formula is C35H40ClN3O4. The second-order valence-electron chi connectivity index (χ2n) is 11.0. The number of halogens is 1. The molecule has 4 rings (SSSR count). The molecule has 7 nitrogen and oxygen atoms in total. The van der Waals surface area contributed by atoms with Crippen LogP contribution in [0.3, 0.4) is 0 Å². The van der Waals surface area contributed by atoms with Crippen molar-refractivity contribution in [2.24, 2.45) is 5.92 Å². The van der Waals surface area contributed by atoms with Gasteiger partial charge in [-0.3, -0.25) is 4.79 Å². The number of dihydropyridines is 1. The Labute approximate surface area is 259 Å². The zero-order valence-electron chi connectivity index (χ0n) is 24.7. The molecule has 1 atom stereocenters. The van der Waals surface area contributed by atoms with Gasteiger partial charge < -0.3 is 20.1 Å². The number of benzene rings is 2. The summed E-state index contributed by atoms with van der Waals surface area (Å²) in [5.41, 5.74) is 3.56. The average Bonchev–Trinajstić information content (AvgIpc) is 3.02. The van der Waals surface area contributed by atoms with E-state index in [1.54, 1.807) is 25.1 Å². The van der Waals surface area contributed by atoms with Crippen molar-refractivity contribution in [1.82, 2.24) is 10.6 Å². The van der Waals surface area contributed by atoms with Crippen LogP contribution in [0.25, 0.3) is 6.08 Å². The summed E-state index contributed by atoms with van der Waals surface area (Å²) in [5.74, 6) is -0.978. The molecule has 1 fully saturated rings. The van der Waals surface area contributed by atoms with Crippen molar-refractivity contribution in [2.45, 2.75) is 57.8 Å². The van der Waals surface area contributed by atoms with E-state index >= 15 is 0 Å². The fourth-order valence-electron chi connectivity index (χ4n) is 5.74. The molecule has 1 amide bonds. The minimum absolute atomic E-state index is 0.0406. The minimum atomic E-state index is -0.746. The topological polar surface area (TPSA) is 100 Å². The quantitative estimate of drug-likeness (QED) is 0.193. The molecule has 1 aliphatic carbocycles. The first-order chi connectivity index (χ1) is 21.0. The summed E-state index contributed by atoms with van der Waals surface area (Å²) in [7, 11) is 0. The van der Waals surface area contributed by atoms with Gasteiger partial charge in [0.25, 0.3) is 0 Å². The molecule has 1 heterocycles. The zero-order chi connectivity index (χ0) is 30.4. The molecule has 0 radical (unpaired) electrons. The molecule has 0 spiro atoms. The number of esters is 1. The van der Waals surface area contributed by atoms with Gasteiger partial charge in [0.2, 0.25) is 5.91 Å². The minimum Gasteiger partial charge on any atom is -0.461 e. The molecule has 43 heavy (non-hydrogen) atoms. The molecule has 1 unspecified atom stereocenters. The molecular weight excluding hydrogens is 562 g/mol. The summed E-state index contributed by atoms with van der Waals surface area (Å²) in [4.78, 5) is 27.4. The van der Waals surface area contributed by atoms with Gasteiger partial charge in [-0.25, -0.2) is 4.79 Å². The first-order valence-corrected chi connectivity index (χ1v) is 15.4. The lowest BCUT2D eigenvalue weighted by Gasteiger charge is -2.32. The number of hydrogen-bond donors (Lipinski definition) is 2. The summed E-state index contributed by atoms with van der Waals surface area (Å²) in [5, 5.41) is 15.7. The second-order valence-corrected chi connectivity index (χ2v) is 11.4. The number of ether oxygens (including phenoxy) is 2. The van der Waals surface area contributed by atoms with Gasteiger partial charge in [-0.2, -0.15) is 5.26 Å². The number of hydrogen-bond acceptors (Lipinski definition) is 6. The normalized spacial score (nSPS) is 17.5. The molecule has 2 aromatic carbocycles. The van der Waals surface area contributed by atoms with E-state index < -0.39 is 11.9 Å². The Bertz CT molecular complexity index is 1390. The standard InChI is InChI=1S/C35H40ClN3O4/c1-25-31(35(41)43-21-10-19-37)32(28-16-8-17-29(36)23-28)33(34(40)38-20-9-15-26-11-4-2-5-12-26)30(39-25)24-42-22-18-27-13-6-3-7-14-27/h2,4-5,8-9,11-12,15-17,23,27,32,39H,3,6-7,10,13-14,18,20-22,24H2,1H3,(H,38,40). The summed E-state index contributed by atoms with van der Waals surface area (Å²) >= 11 is 6.40. The van der Waals surface area contributed by atoms with Crippen molar-refractivity contribution in [2.75, 3.05) is 26.4 Å². The van der Waals surface area contributed by atoms with Crippen LogP contribution < -0.4 is 10.6 Å². The number of nitrogens with zero attached hydrogens (tertiary/aromatic N) is 1. The number of amides is 1. The Morgan fingerprint density at radius 3 is 2.60 bits per heavy atom. The van der Waals surface area contributed by atoms with Gasteiger partial charge in [-0.15, -0.1) is 0 Å². The summed E-state index contributed by atoms with van der Waals surface area (Å²) in [6.45, 7) is 2.83. The SMILES string of the molecule is CC1=C(C(=O)OCCC#N)C(c2cccc(Cl)c2)C(C(=O)NCC=Cc2ccccc2)=C(COCCC2CCCCC2)N1. The lowest BCUT2D eigenvalue weighted by atomic mass is 9.80. The first-order valence-electron chi connectivity index (χ1n) is 15.1. The highest BCUT2D eigenvalue weighted by Gasteiger charge is 2.38. The van der Waals surface area contributed by atoms with Gasteiger partial charge in [-0.05, 0) is 42.5 Å². The maximum absolute atomic E-state index is 14.0. The van der Waals surface area contributed by atoms with E-state index in [1.807, 2.05) is 54.6 Å². The fourth-order valence-corrected chi connectivity index (χ4v) is 5.94. The number of rotatable bonds is 13. The number of nitriles is 1. The van der Waals surface area contributed by atoms with Gasteiger partial charge >= 0.3 is 5.97 Å². The second kappa shape index (κ2) is 16.7.